The van der Waals surface area contributed by atoms with Gasteiger partial charge in [-0.15, -0.1) is 11.3 Å². The molecule has 4 nitrogen and oxygen atoms in total. The zero-order chi connectivity index (χ0) is 13.9. The van der Waals surface area contributed by atoms with E-state index >= 15 is 0 Å². The van der Waals surface area contributed by atoms with Gasteiger partial charge in [-0.1, -0.05) is 6.07 Å². The molecule has 0 aliphatic heterocycles. The molecule has 1 atom stereocenters. The quantitative estimate of drug-likeness (QED) is 0.890. The topological polar surface area (TPSA) is 49.4 Å². The Hall–Kier alpha value is -0.730. The predicted molar refractivity (Wildman–Crippen MR) is 80.3 cm³/mol. The summed E-state index contributed by atoms with van der Waals surface area (Å²) in [6, 6.07) is 5.42. The van der Waals surface area contributed by atoms with Gasteiger partial charge < -0.3 is 4.90 Å². The average molecular weight is 316 g/mol. The van der Waals surface area contributed by atoms with Gasteiger partial charge in [0.2, 0.25) is 10.0 Å². The second-order valence-electron chi connectivity index (χ2n) is 4.32. The molecule has 0 spiro atoms. The number of hydrogen-bond acceptors (Lipinski definition) is 5. The highest BCUT2D eigenvalue weighted by Crippen LogP contribution is 2.21. The first-order valence-corrected chi connectivity index (χ1v) is 9.03. The molecular weight excluding hydrogens is 300 g/mol. The van der Waals surface area contributed by atoms with Gasteiger partial charge >= 0.3 is 0 Å². The van der Waals surface area contributed by atoms with Crippen molar-refractivity contribution in [1.29, 1.82) is 0 Å². The molecule has 19 heavy (non-hydrogen) atoms. The van der Waals surface area contributed by atoms with Crippen LogP contribution in [0.3, 0.4) is 0 Å². The lowest BCUT2D eigenvalue weighted by atomic mass is 10.1. The molecule has 0 aromatic carbocycles. The van der Waals surface area contributed by atoms with Gasteiger partial charge in [0.05, 0.1) is 0 Å². The molecule has 104 valence electrons. The fourth-order valence-electron chi connectivity index (χ4n) is 1.74. The Balaban J connectivity index is 2.08. The average Bonchev–Trinajstić information content (AvgIpc) is 3.02. The Morgan fingerprint density at radius 1 is 1.32 bits per heavy atom. The van der Waals surface area contributed by atoms with Crippen LogP contribution in [0.1, 0.15) is 11.6 Å². The van der Waals surface area contributed by atoms with Crippen LogP contribution >= 0.6 is 22.7 Å². The highest BCUT2D eigenvalue weighted by molar-refractivity contribution is 7.91. The van der Waals surface area contributed by atoms with Crippen LogP contribution in [0.5, 0.6) is 0 Å². The molecule has 0 aliphatic rings. The van der Waals surface area contributed by atoms with Gasteiger partial charge in [-0.25, -0.2) is 13.1 Å². The molecule has 2 aromatic rings. The third kappa shape index (κ3) is 3.64. The first-order valence-electron chi connectivity index (χ1n) is 5.72. The molecule has 0 aliphatic carbocycles. The van der Waals surface area contributed by atoms with Crippen molar-refractivity contribution in [3.8, 4) is 0 Å². The number of likely N-dealkylation sites (N-methyl/N-ethyl adjacent to an activating group) is 1. The first-order chi connectivity index (χ1) is 9.00. The largest absolute Gasteiger partial charge is 0.301 e. The van der Waals surface area contributed by atoms with Crippen LogP contribution in [0, 0.1) is 0 Å². The van der Waals surface area contributed by atoms with Crippen molar-refractivity contribution in [2.45, 2.75) is 10.3 Å². The van der Waals surface area contributed by atoms with Crippen LogP contribution in [-0.4, -0.2) is 34.0 Å². The summed E-state index contributed by atoms with van der Waals surface area (Å²) in [4.78, 5) is 2.01. The van der Waals surface area contributed by atoms with E-state index in [0.717, 1.165) is 5.56 Å². The summed E-state index contributed by atoms with van der Waals surface area (Å²) in [6.45, 7) is 0.365. The third-order valence-corrected chi connectivity index (χ3v) is 6.30. The second kappa shape index (κ2) is 6.15. The van der Waals surface area contributed by atoms with Crippen molar-refractivity contribution in [3.05, 3.63) is 39.9 Å². The van der Waals surface area contributed by atoms with Crippen molar-refractivity contribution in [2.24, 2.45) is 0 Å². The van der Waals surface area contributed by atoms with Crippen molar-refractivity contribution >= 4 is 32.7 Å². The lowest BCUT2D eigenvalue weighted by Crippen LogP contribution is -2.34. The summed E-state index contributed by atoms with van der Waals surface area (Å²) < 4.78 is 27.2. The monoisotopic (exact) mass is 316 g/mol. The summed E-state index contributed by atoms with van der Waals surface area (Å²) in [7, 11) is 0.501. The van der Waals surface area contributed by atoms with Crippen molar-refractivity contribution in [1.82, 2.24) is 9.62 Å². The minimum Gasteiger partial charge on any atom is -0.301 e. The van der Waals surface area contributed by atoms with E-state index in [-0.39, 0.29) is 6.04 Å². The second-order valence-corrected chi connectivity index (χ2v) is 8.04. The summed E-state index contributed by atoms with van der Waals surface area (Å²) in [5.74, 6) is 0. The molecule has 0 saturated carbocycles. The lowest BCUT2D eigenvalue weighted by molar-refractivity contribution is 0.300. The Kier molecular flexibility index (Phi) is 4.75. The van der Waals surface area contributed by atoms with Crippen LogP contribution in [0.4, 0.5) is 0 Å². The summed E-state index contributed by atoms with van der Waals surface area (Å²) in [5.41, 5.74) is 1.13. The van der Waals surface area contributed by atoms with Crippen LogP contribution in [-0.2, 0) is 10.0 Å². The highest BCUT2D eigenvalue weighted by atomic mass is 32.2. The van der Waals surface area contributed by atoms with Crippen molar-refractivity contribution in [2.75, 3.05) is 20.6 Å². The fourth-order valence-corrected chi connectivity index (χ4v) is 4.52. The molecular formula is C12H16N2O2S3. The maximum Gasteiger partial charge on any atom is 0.250 e. The SMILES string of the molecule is CN(C)[C@@H](CNS(=O)(=O)c1cccs1)c1ccsc1. The van der Waals surface area contributed by atoms with Crippen LogP contribution < -0.4 is 4.72 Å². The van der Waals surface area contributed by atoms with E-state index in [1.807, 2.05) is 35.8 Å². The van der Waals surface area contributed by atoms with E-state index in [2.05, 4.69) is 4.72 Å². The summed E-state index contributed by atoms with van der Waals surface area (Å²) in [5, 5.41) is 5.81. The standard InChI is InChI=1S/C12H16N2O2S3/c1-14(2)11(10-5-7-17-9-10)8-13-19(15,16)12-4-3-6-18-12/h3-7,9,11,13H,8H2,1-2H3/t11-/m0/s1. The number of sulfonamides is 1. The minimum absolute atomic E-state index is 0.0426. The lowest BCUT2D eigenvalue weighted by Gasteiger charge is -2.23. The van der Waals surface area contributed by atoms with E-state index < -0.39 is 10.0 Å². The maximum atomic E-state index is 12.1. The highest BCUT2D eigenvalue weighted by Gasteiger charge is 2.20. The molecule has 0 saturated heterocycles. The third-order valence-electron chi connectivity index (χ3n) is 2.78. The van der Waals surface area contributed by atoms with E-state index in [4.69, 9.17) is 0 Å². The molecule has 0 amide bonds. The number of nitrogens with zero attached hydrogens (tertiary/aromatic N) is 1. The Morgan fingerprint density at radius 3 is 2.63 bits per heavy atom. The Labute approximate surface area is 121 Å². The fraction of sp³-hybridized carbons (Fsp3) is 0.333. The van der Waals surface area contributed by atoms with Gasteiger partial charge in [-0.05, 0) is 47.9 Å². The van der Waals surface area contributed by atoms with Gasteiger partial charge in [0, 0.05) is 12.6 Å². The molecule has 7 heteroatoms. The van der Waals surface area contributed by atoms with E-state index in [0.29, 0.717) is 10.8 Å². The molecule has 0 radical (unpaired) electrons. The molecule has 2 rings (SSSR count). The van der Waals surface area contributed by atoms with Gasteiger partial charge in [-0.2, -0.15) is 11.3 Å². The molecule has 2 heterocycles. The predicted octanol–water partition coefficient (Wildman–Crippen LogP) is 2.39. The first kappa shape index (κ1) is 14.7. The van der Waals surface area contributed by atoms with E-state index in [1.165, 1.54) is 11.3 Å². The molecule has 1 N–H and O–H groups in total. The van der Waals surface area contributed by atoms with Crippen LogP contribution in [0.15, 0.2) is 38.5 Å². The number of nitrogens with one attached hydrogen (secondary N) is 1. The zero-order valence-electron chi connectivity index (χ0n) is 10.7. The number of thiophene rings is 2. The van der Waals surface area contributed by atoms with Gasteiger partial charge in [0.1, 0.15) is 4.21 Å². The van der Waals surface area contributed by atoms with Gasteiger partial charge in [-0.3, -0.25) is 0 Å². The minimum atomic E-state index is -3.39. The molecule has 0 unspecified atom stereocenters. The van der Waals surface area contributed by atoms with Crippen molar-refractivity contribution in [3.63, 3.8) is 0 Å². The Bertz CT molecular complexity index is 589. The van der Waals surface area contributed by atoms with Crippen LogP contribution in [0.25, 0.3) is 0 Å². The number of rotatable bonds is 6. The van der Waals surface area contributed by atoms with Crippen molar-refractivity contribution < 1.29 is 8.42 Å². The van der Waals surface area contributed by atoms with E-state index in [1.54, 1.807) is 28.8 Å². The Morgan fingerprint density at radius 2 is 2.11 bits per heavy atom. The molecule has 2 aromatic heterocycles. The summed E-state index contributed by atoms with van der Waals surface area (Å²) in [6.07, 6.45) is 0. The van der Waals surface area contributed by atoms with Gasteiger partial charge in [0.15, 0.2) is 0 Å². The van der Waals surface area contributed by atoms with Crippen LogP contribution in [0.2, 0.25) is 0 Å². The number of hydrogen-bond donors (Lipinski definition) is 1. The normalized spacial score (nSPS) is 13.8. The maximum absolute atomic E-state index is 12.1. The molecule has 0 bridgehead atoms. The van der Waals surface area contributed by atoms with Gasteiger partial charge in [0.25, 0.3) is 0 Å². The zero-order valence-corrected chi connectivity index (χ0v) is 13.2. The smallest absolute Gasteiger partial charge is 0.250 e. The van der Waals surface area contributed by atoms with E-state index in [9.17, 15) is 8.42 Å². The molecule has 0 fully saturated rings. The summed E-state index contributed by atoms with van der Waals surface area (Å²) >= 11 is 2.84.